The van der Waals surface area contributed by atoms with Gasteiger partial charge in [-0.15, -0.1) is 0 Å². The van der Waals surface area contributed by atoms with Crippen LogP contribution in [0.15, 0.2) is 30.3 Å². The van der Waals surface area contributed by atoms with E-state index in [4.69, 9.17) is 0 Å². The highest BCUT2D eigenvalue weighted by Gasteiger charge is 2.24. The van der Waals surface area contributed by atoms with Gasteiger partial charge in [-0.25, -0.2) is 0 Å². The molecule has 1 aliphatic carbocycles. The Labute approximate surface area is 116 Å². The minimum absolute atomic E-state index is 0.381. The summed E-state index contributed by atoms with van der Waals surface area (Å²) in [5.74, 6) is 0. The Kier molecular flexibility index (Phi) is 5.37. The first-order chi connectivity index (χ1) is 9.20. The molecule has 0 aliphatic heterocycles. The maximum absolute atomic E-state index is 10.3. The Morgan fingerprint density at radius 2 is 1.84 bits per heavy atom. The van der Waals surface area contributed by atoms with E-state index in [1.54, 1.807) is 0 Å². The van der Waals surface area contributed by atoms with Gasteiger partial charge in [0.2, 0.25) is 0 Å². The van der Waals surface area contributed by atoms with Crippen molar-refractivity contribution in [2.45, 2.75) is 43.9 Å². The number of nitrogens with zero attached hydrogens (tertiary/aromatic N) is 1. The molecule has 1 unspecified atom stereocenters. The fraction of sp³-hybridized carbons (Fsp3) is 0.625. The summed E-state index contributed by atoms with van der Waals surface area (Å²) >= 11 is 0. The Hall–Kier alpha value is -0.900. The lowest BCUT2D eigenvalue weighted by Gasteiger charge is -2.35. The fourth-order valence-corrected chi connectivity index (χ4v) is 3.01. The maximum Gasteiger partial charge on any atom is 0.0916 e. The van der Waals surface area contributed by atoms with Crippen molar-refractivity contribution < 1.29 is 5.11 Å². The Balaban J connectivity index is 1.83. The van der Waals surface area contributed by atoms with E-state index >= 15 is 0 Å². The number of likely N-dealkylation sites (N-methyl/N-ethyl adjacent to an activating group) is 1. The summed E-state index contributed by atoms with van der Waals surface area (Å²) in [4.78, 5) is 2.32. The van der Waals surface area contributed by atoms with Crippen LogP contribution in [0, 0.1) is 0 Å². The molecule has 1 aromatic rings. The topological polar surface area (TPSA) is 35.5 Å². The first-order valence-electron chi connectivity index (χ1n) is 7.31. The predicted octanol–water partition coefficient (Wildman–Crippen LogP) is 2.18. The molecule has 19 heavy (non-hydrogen) atoms. The molecule has 0 saturated heterocycles. The van der Waals surface area contributed by atoms with Crippen molar-refractivity contribution in [2.24, 2.45) is 0 Å². The smallest absolute Gasteiger partial charge is 0.0916 e. The number of hydrogen-bond donors (Lipinski definition) is 2. The van der Waals surface area contributed by atoms with Crippen LogP contribution in [0.5, 0.6) is 0 Å². The van der Waals surface area contributed by atoms with Gasteiger partial charge < -0.3 is 15.3 Å². The van der Waals surface area contributed by atoms with Gasteiger partial charge in [0.05, 0.1) is 6.10 Å². The molecule has 3 nitrogen and oxygen atoms in total. The van der Waals surface area contributed by atoms with Crippen LogP contribution >= 0.6 is 0 Å². The van der Waals surface area contributed by atoms with Gasteiger partial charge in [-0.1, -0.05) is 30.3 Å². The van der Waals surface area contributed by atoms with Gasteiger partial charge in [0, 0.05) is 18.6 Å². The Morgan fingerprint density at radius 3 is 2.42 bits per heavy atom. The fourth-order valence-electron chi connectivity index (χ4n) is 3.01. The van der Waals surface area contributed by atoms with Crippen molar-refractivity contribution in [1.82, 2.24) is 10.2 Å². The summed E-state index contributed by atoms with van der Waals surface area (Å²) in [5, 5.41) is 13.6. The summed E-state index contributed by atoms with van der Waals surface area (Å²) in [5.41, 5.74) is 1.01. The van der Waals surface area contributed by atoms with Gasteiger partial charge in [-0.05, 0) is 45.3 Å². The number of hydrogen-bond acceptors (Lipinski definition) is 3. The second-order valence-electron chi connectivity index (χ2n) is 5.66. The quantitative estimate of drug-likeness (QED) is 0.854. The molecule has 1 atom stereocenters. The summed E-state index contributed by atoms with van der Waals surface area (Å²) in [6.07, 6.45) is 4.56. The molecule has 0 heterocycles. The van der Waals surface area contributed by atoms with Crippen LogP contribution in [0.4, 0.5) is 0 Å². The summed E-state index contributed by atoms with van der Waals surface area (Å²) in [6.45, 7) is 0.721. The molecule has 0 bridgehead atoms. The monoisotopic (exact) mass is 262 g/mol. The van der Waals surface area contributed by atoms with Gasteiger partial charge >= 0.3 is 0 Å². The highest BCUT2D eigenvalue weighted by atomic mass is 16.3. The standard InChI is InChI=1S/C16H26N2O/c1-17-14-8-10-15(11-9-14)18(2)12-16(19)13-6-4-3-5-7-13/h3-7,14-17,19H,8-12H2,1-2H3. The van der Waals surface area contributed by atoms with E-state index in [2.05, 4.69) is 17.3 Å². The van der Waals surface area contributed by atoms with E-state index in [1.165, 1.54) is 25.7 Å². The zero-order valence-electron chi connectivity index (χ0n) is 12.0. The molecule has 0 amide bonds. The van der Waals surface area contributed by atoms with Gasteiger partial charge in [-0.2, -0.15) is 0 Å². The molecule has 1 saturated carbocycles. The lowest BCUT2D eigenvalue weighted by atomic mass is 9.90. The van der Waals surface area contributed by atoms with E-state index in [9.17, 15) is 5.11 Å². The summed E-state index contributed by atoms with van der Waals surface area (Å²) < 4.78 is 0. The second-order valence-corrected chi connectivity index (χ2v) is 5.66. The second kappa shape index (κ2) is 7.04. The highest BCUT2D eigenvalue weighted by Crippen LogP contribution is 2.24. The normalized spacial score (nSPS) is 25.5. The average molecular weight is 262 g/mol. The third-order valence-corrected chi connectivity index (χ3v) is 4.37. The summed E-state index contributed by atoms with van der Waals surface area (Å²) in [6, 6.07) is 11.2. The molecule has 2 rings (SSSR count). The van der Waals surface area contributed by atoms with Crippen LogP contribution in [0.25, 0.3) is 0 Å². The van der Waals surface area contributed by atoms with Crippen molar-refractivity contribution in [3.05, 3.63) is 35.9 Å². The molecular weight excluding hydrogens is 236 g/mol. The summed E-state index contributed by atoms with van der Waals surface area (Å²) in [7, 11) is 4.18. The van der Waals surface area contributed by atoms with Crippen molar-refractivity contribution in [3.63, 3.8) is 0 Å². The number of nitrogens with one attached hydrogen (secondary N) is 1. The average Bonchev–Trinajstić information content (AvgIpc) is 2.48. The molecule has 1 aliphatic rings. The molecular formula is C16H26N2O. The van der Waals surface area contributed by atoms with Crippen LogP contribution in [0.3, 0.4) is 0 Å². The van der Waals surface area contributed by atoms with Crippen LogP contribution in [-0.2, 0) is 0 Å². The molecule has 1 fully saturated rings. The number of aliphatic hydroxyl groups excluding tert-OH is 1. The maximum atomic E-state index is 10.3. The lowest BCUT2D eigenvalue weighted by Crippen LogP contribution is -2.41. The minimum atomic E-state index is -0.381. The first-order valence-corrected chi connectivity index (χ1v) is 7.31. The van der Waals surface area contributed by atoms with Crippen molar-refractivity contribution in [3.8, 4) is 0 Å². The van der Waals surface area contributed by atoms with Gasteiger partial charge in [0.15, 0.2) is 0 Å². The Bertz CT molecular complexity index is 360. The molecule has 1 aromatic carbocycles. The Morgan fingerprint density at radius 1 is 1.21 bits per heavy atom. The van der Waals surface area contributed by atoms with Crippen LogP contribution in [0.1, 0.15) is 37.4 Å². The van der Waals surface area contributed by atoms with E-state index in [-0.39, 0.29) is 6.10 Å². The van der Waals surface area contributed by atoms with Crippen molar-refractivity contribution in [1.29, 1.82) is 0 Å². The van der Waals surface area contributed by atoms with Crippen molar-refractivity contribution >= 4 is 0 Å². The zero-order valence-corrected chi connectivity index (χ0v) is 12.0. The molecule has 0 radical (unpaired) electrons. The van der Waals surface area contributed by atoms with Gasteiger partial charge in [-0.3, -0.25) is 0 Å². The number of rotatable bonds is 5. The van der Waals surface area contributed by atoms with E-state index in [1.807, 2.05) is 37.4 Å². The highest BCUT2D eigenvalue weighted by molar-refractivity contribution is 5.17. The van der Waals surface area contributed by atoms with E-state index < -0.39 is 0 Å². The molecule has 3 heteroatoms. The first kappa shape index (κ1) is 14.5. The third-order valence-electron chi connectivity index (χ3n) is 4.37. The van der Waals surface area contributed by atoms with E-state index in [0.29, 0.717) is 12.1 Å². The largest absolute Gasteiger partial charge is 0.387 e. The van der Waals surface area contributed by atoms with Crippen molar-refractivity contribution in [2.75, 3.05) is 20.6 Å². The predicted molar refractivity (Wildman–Crippen MR) is 79.1 cm³/mol. The minimum Gasteiger partial charge on any atom is -0.387 e. The van der Waals surface area contributed by atoms with Crippen LogP contribution in [-0.4, -0.2) is 42.7 Å². The van der Waals surface area contributed by atoms with E-state index in [0.717, 1.165) is 12.1 Å². The number of aliphatic hydroxyl groups is 1. The SMILES string of the molecule is CNC1CCC(N(C)CC(O)c2ccccc2)CC1. The number of benzene rings is 1. The molecule has 0 aromatic heterocycles. The molecule has 106 valence electrons. The third kappa shape index (κ3) is 4.03. The van der Waals surface area contributed by atoms with Gasteiger partial charge in [0.1, 0.15) is 0 Å². The molecule has 0 spiro atoms. The van der Waals surface area contributed by atoms with Gasteiger partial charge in [0.25, 0.3) is 0 Å². The van der Waals surface area contributed by atoms with Crippen LogP contribution in [0.2, 0.25) is 0 Å². The van der Waals surface area contributed by atoms with Crippen LogP contribution < -0.4 is 5.32 Å². The zero-order chi connectivity index (χ0) is 13.7. The molecule has 2 N–H and O–H groups in total. The lowest BCUT2D eigenvalue weighted by molar-refractivity contribution is 0.0878.